The van der Waals surface area contributed by atoms with Gasteiger partial charge in [-0.05, 0) is 37.1 Å². The van der Waals surface area contributed by atoms with Gasteiger partial charge in [0, 0.05) is 11.0 Å². The van der Waals surface area contributed by atoms with E-state index in [0.717, 1.165) is 10.2 Å². The van der Waals surface area contributed by atoms with Gasteiger partial charge in [-0.3, -0.25) is 4.79 Å². The van der Waals surface area contributed by atoms with Crippen LogP contribution in [-0.2, 0) is 4.79 Å². The minimum absolute atomic E-state index is 0.0552. The average molecular weight is 330 g/mol. The van der Waals surface area contributed by atoms with E-state index in [4.69, 9.17) is 4.74 Å². The summed E-state index contributed by atoms with van der Waals surface area (Å²) in [4.78, 5) is 11.5. The van der Waals surface area contributed by atoms with E-state index in [2.05, 4.69) is 21.2 Å². The number of aliphatic hydroxyl groups excluding tert-OH is 1. The van der Waals surface area contributed by atoms with Crippen molar-refractivity contribution in [3.63, 3.8) is 0 Å². The minimum atomic E-state index is -0.334. The molecule has 1 aromatic carbocycles. The molecule has 0 aliphatic carbocycles. The second-order valence-electron chi connectivity index (χ2n) is 4.25. The summed E-state index contributed by atoms with van der Waals surface area (Å²) in [5.41, 5.74) is 0. The van der Waals surface area contributed by atoms with E-state index < -0.39 is 0 Å². The van der Waals surface area contributed by atoms with Crippen LogP contribution in [0.4, 0.5) is 0 Å². The summed E-state index contributed by atoms with van der Waals surface area (Å²) in [5.74, 6) is 0.692. The van der Waals surface area contributed by atoms with Crippen molar-refractivity contribution in [3.05, 3.63) is 28.7 Å². The molecule has 0 aliphatic rings. The molecule has 1 unspecified atom stereocenters. The largest absolute Gasteiger partial charge is 0.493 e. The molecule has 0 fully saturated rings. The van der Waals surface area contributed by atoms with Crippen molar-refractivity contribution in [1.29, 1.82) is 0 Å². The number of amides is 1. The molecule has 0 bridgehead atoms. The van der Waals surface area contributed by atoms with E-state index in [1.54, 1.807) is 0 Å². The molecule has 1 rings (SSSR count). The van der Waals surface area contributed by atoms with Crippen LogP contribution in [0.3, 0.4) is 0 Å². The number of halogens is 1. The topological polar surface area (TPSA) is 58.6 Å². The van der Waals surface area contributed by atoms with Crippen LogP contribution in [0.25, 0.3) is 0 Å². The second kappa shape index (κ2) is 8.93. The van der Waals surface area contributed by atoms with Crippen LogP contribution in [0.15, 0.2) is 28.7 Å². The van der Waals surface area contributed by atoms with Crippen molar-refractivity contribution < 1.29 is 14.6 Å². The zero-order valence-electron chi connectivity index (χ0n) is 11.1. The van der Waals surface area contributed by atoms with Gasteiger partial charge in [0.15, 0.2) is 0 Å². The monoisotopic (exact) mass is 329 g/mol. The second-order valence-corrected chi connectivity index (χ2v) is 5.17. The lowest BCUT2D eigenvalue weighted by atomic mass is 10.2. The van der Waals surface area contributed by atoms with E-state index in [9.17, 15) is 9.90 Å². The zero-order chi connectivity index (χ0) is 14.1. The first-order valence-electron chi connectivity index (χ1n) is 6.45. The normalized spacial score (nSPS) is 11.9. The average Bonchev–Trinajstić information content (AvgIpc) is 2.41. The maximum atomic E-state index is 11.5. The number of nitrogens with one attached hydrogen (secondary N) is 1. The molecular weight excluding hydrogens is 310 g/mol. The third kappa shape index (κ3) is 7.18. The summed E-state index contributed by atoms with van der Waals surface area (Å²) in [6.45, 7) is 2.77. The van der Waals surface area contributed by atoms with E-state index >= 15 is 0 Å². The third-order valence-electron chi connectivity index (χ3n) is 2.68. The molecule has 0 saturated heterocycles. The molecule has 0 heterocycles. The van der Waals surface area contributed by atoms with Crippen LogP contribution in [0, 0.1) is 0 Å². The Morgan fingerprint density at radius 3 is 2.74 bits per heavy atom. The first-order valence-corrected chi connectivity index (χ1v) is 7.24. The lowest BCUT2D eigenvalue weighted by Gasteiger charge is -2.09. The fourth-order valence-corrected chi connectivity index (χ4v) is 1.73. The van der Waals surface area contributed by atoms with Crippen molar-refractivity contribution in [2.24, 2.45) is 0 Å². The molecule has 4 nitrogen and oxygen atoms in total. The lowest BCUT2D eigenvalue weighted by Crippen LogP contribution is -2.28. The fourth-order valence-electron chi connectivity index (χ4n) is 1.46. The maximum Gasteiger partial charge on any atom is 0.223 e. The quantitative estimate of drug-likeness (QED) is 0.770. The number of carbonyl (C=O) groups is 1. The number of hydrogen-bond acceptors (Lipinski definition) is 3. The Morgan fingerprint density at radius 2 is 2.11 bits per heavy atom. The van der Waals surface area contributed by atoms with Gasteiger partial charge in [-0.2, -0.15) is 0 Å². The zero-order valence-corrected chi connectivity index (χ0v) is 12.6. The number of rotatable bonds is 8. The van der Waals surface area contributed by atoms with Gasteiger partial charge in [0.25, 0.3) is 0 Å². The molecule has 0 radical (unpaired) electrons. The number of aliphatic hydroxyl groups is 1. The highest BCUT2D eigenvalue weighted by atomic mass is 79.9. The Labute approximate surface area is 122 Å². The van der Waals surface area contributed by atoms with Gasteiger partial charge in [-0.1, -0.05) is 22.9 Å². The van der Waals surface area contributed by atoms with Crippen molar-refractivity contribution in [2.75, 3.05) is 13.2 Å². The highest BCUT2D eigenvalue weighted by Gasteiger charge is 2.04. The third-order valence-corrected chi connectivity index (χ3v) is 3.21. The highest BCUT2D eigenvalue weighted by molar-refractivity contribution is 9.10. The standard InChI is InChI=1S/C14H20BrNO3/c1-2-12(17)7-9-16-14(18)8-10-19-13-5-3-11(15)4-6-13/h3-6,12,17H,2,7-10H2,1H3,(H,16,18). The predicted molar refractivity (Wildman–Crippen MR) is 78.2 cm³/mol. The Balaban J connectivity index is 2.11. The van der Waals surface area contributed by atoms with Crippen LogP contribution in [-0.4, -0.2) is 30.3 Å². The van der Waals surface area contributed by atoms with Crippen LogP contribution >= 0.6 is 15.9 Å². The smallest absolute Gasteiger partial charge is 0.223 e. The molecule has 1 amide bonds. The summed E-state index contributed by atoms with van der Waals surface area (Å²) >= 11 is 3.34. The van der Waals surface area contributed by atoms with Crippen LogP contribution < -0.4 is 10.1 Å². The van der Waals surface area contributed by atoms with Gasteiger partial charge < -0.3 is 15.2 Å². The molecule has 0 spiro atoms. The Kier molecular flexibility index (Phi) is 7.52. The fraction of sp³-hybridized carbons (Fsp3) is 0.500. The molecule has 0 saturated carbocycles. The first kappa shape index (κ1) is 16.0. The van der Waals surface area contributed by atoms with Crippen molar-refractivity contribution in [3.8, 4) is 5.75 Å². The molecule has 1 aromatic rings. The Hall–Kier alpha value is -1.07. The van der Waals surface area contributed by atoms with Crippen molar-refractivity contribution in [1.82, 2.24) is 5.32 Å². The van der Waals surface area contributed by atoms with E-state index in [1.807, 2.05) is 31.2 Å². The molecule has 0 aliphatic heterocycles. The van der Waals surface area contributed by atoms with Crippen molar-refractivity contribution in [2.45, 2.75) is 32.3 Å². The molecular formula is C14H20BrNO3. The maximum absolute atomic E-state index is 11.5. The Bertz CT molecular complexity index is 381. The first-order chi connectivity index (χ1) is 9.11. The van der Waals surface area contributed by atoms with Gasteiger partial charge >= 0.3 is 0 Å². The number of ether oxygens (including phenoxy) is 1. The van der Waals surface area contributed by atoms with E-state index in [1.165, 1.54) is 0 Å². The number of benzene rings is 1. The molecule has 106 valence electrons. The SMILES string of the molecule is CCC(O)CCNC(=O)CCOc1ccc(Br)cc1. The summed E-state index contributed by atoms with van der Waals surface area (Å²) in [7, 11) is 0. The van der Waals surface area contributed by atoms with Gasteiger partial charge in [0.1, 0.15) is 5.75 Å². The number of hydrogen-bond donors (Lipinski definition) is 2. The van der Waals surface area contributed by atoms with Crippen LogP contribution in [0.2, 0.25) is 0 Å². The Morgan fingerprint density at radius 1 is 1.42 bits per heavy atom. The summed E-state index contributed by atoms with van der Waals surface area (Å²) < 4.78 is 6.44. The molecule has 1 atom stereocenters. The van der Waals surface area contributed by atoms with Crippen LogP contribution in [0.1, 0.15) is 26.2 Å². The minimum Gasteiger partial charge on any atom is -0.493 e. The molecule has 0 aromatic heterocycles. The van der Waals surface area contributed by atoms with Gasteiger partial charge in [-0.15, -0.1) is 0 Å². The predicted octanol–water partition coefficient (Wildman–Crippen LogP) is 2.50. The van der Waals surface area contributed by atoms with Gasteiger partial charge in [-0.25, -0.2) is 0 Å². The lowest BCUT2D eigenvalue weighted by molar-refractivity contribution is -0.121. The molecule has 19 heavy (non-hydrogen) atoms. The highest BCUT2D eigenvalue weighted by Crippen LogP contribution is 2.16. The molecule has 5 heteroatoms. The molecule has 2 N–H and O–H groups in total. The van der Waals surface area contributed by atoms with E-state index in [-0.39, 0.29) is 12.0 Å². The van der Waals surface area contributed by atoms with Gasteiger partial charge in [0.05, 0.1) is 19.1 Å². The van der Waals surface area contributed by atoms with Crippen molar-refractivity contribution >= 4 is 21.8 Å². The van der Waals surface area contributed by atoms with Gasteiger partial charge in [0.2, 0.25) is 5.91 Å². The van der Waals surface area contributed by atoms with Crippen LogP contribution in [0.5, 0.6) is 5.75 Å². The number of carbonyl (C=O) groups excluding carboxylic acids is 1. The summed E-state index contributed by atoms with van der Waals surface area (Å²) in [5, 5.41) is 12.1. The summed E-state index contributed by atoms with van der Waals surface area (Å²) in [6, 6.07) is 7.47. The van der Waals surface area contributed by atoms with E-state index in [0.29, 0.717) is 32.4 Å². The summed E-state index contributed by atoms with van der Waals surface area (Å²) in [6.07, 6.45) is 1.29.